The van der Waals surface area contributed by atoms with E-state index < -0.39 is 11.8 Å². The lowest BCUT2D eigenvalue weighted by molar-refractivity contribution is -0.136. The van der Waals surface area contributed by atoms with Crippen LogP contribution in [0.25, 0.3) is 0 Å². The van der Waals surface area contributed by atoms with Crippen molar-refractivity contribution in [3.8, 4) is 0 Å². The molecule has 8 heteroatoms. The van der Waals surface area contributed by atoms with E-state index in [1.165, 1.54) is 19.3 Å². The summed E-state index contributed by atoms with van der Waals surface area (Å²) in [5, 5.41) is 7.05. The normalized spacial score (nSPS) is 9.39. The molecule has 0 aromatic carbocycles. The number of carbonyl (C=O) groups excluding carboxylic acids is 3. The van der Waals surface area contributed by atoms with Gasteiger partial charge in [0, 0.05) is 32.4 Å². The standard InChI is InChI=1S/C10H13N5O3/c1-7(16)11-5-6-12-8(17)9(18)15-10-13-3-2-4-14-10/h2-4H,5-6H2,1H3,(H,11,16)(H,12,17)(H,13,14,15,18). The molecule has 0 aliphatic rings. The van der Waals surface area contributed by atoms with Gasteiger partial charge in [-0.1, -0.05) is 0 Å². The molecule has 3 N–H and O–H groups in total. The minimum absolute atomic E-state index is 0.0551. The molecule has 0 bridgehead atoms. The number of anilines is 1. The van der Waals surface area contributed by atoms with Gasteiger partial charge in [-0.2, -0.15) is 0 Å². The van der Waals surface area contributed by atoms with Crippen molar-refractivity contribution in [1.29, 1.82) is 0 Å². The van der Waals surface area contributed by atoms with Gasteiger partial charge >= 0.3 is 11.8 Å². The van der Waals surface area contributed by atoms with Crippen molar-refractivity contribution in [2.45, 2.75) is 6.92 Å². The summed E-state index contributed by atoms with van der Waals surface area (Å²) in [5.41, 5.74) is 0. The highest BCUT2D eigenvalue weighted by Gasteiger charge is 2.13. The SMILES string of the molecule is CC(=O)NCCNC(=O)C(=O)Nc1ncccn1. The van der Waals surface area contributed by atoms with Crippen LogP contribution in [0, 0.1) is 0 Å². The first-order valence-electron chi connectivity index (χ1n) is 5.20. The van der Waals surface area contributed by atoms with Crippen molar-refractivity contribution < 1.29 is 14.4 Å². The lowest BCUT2D eigenvalue weighted by Gasteiger charge is -2.05. The van der Waals surface area contributed by atoms with Crippen LogP contribution in [0.4, 0.5) is 5.95 Å². The molecule has 0 unspecified atom stereocenters. The Bertz CT molecular complexity index is 434. The minimum atomic E-state index is -0.857. The summed E-state index contributed by atoms with van der Waals surface area (Å²) in [5.74, 6) is -1.82. The highest BCUT2D eigenvalue weighted by molar-refractivity contribution is 6.39. The third kappa shape index (κ3) is 5.01. The number of aromatic nitrogens is 2. The van der Waals surface area contributed by atoms with Gasteiger partial charge in [0.25, 0.3) is 0 Å². The van der Waals surface area contributed by atoms with Crippen molar-refractivity contribution in [3.05, 3.63) is 18.5 Å². The largest absolute Gasteiger partial charge is 0.355 e. The van der Waals surface area contributed by atoms with Crippen LogP contribution >= 0.6 is 0 Å². The first-order valence-corrected chi connectivity index (χ1v) is 5.20. The molecule has 1 aromatic heterocycles. The van der Waals surface area contributed by atoms with Gasteiger partial charge in [-0.05, 0) is 6.07 Å². The number of carbonyl (C=O) groups is 3. The molecule has 0 fully saturated rings. The van der Waals surface area contributed by atoms with E-state index in [1.807, 2.05) is 0 Å². The van der Waals surface area contributed by atoms with E-state index in [9.17, 15) is 14.4 Å². The fourth-order valence-corrected chi connectivity index (χ4v) is 1.02. The van der Waals surface area contributed by atoms with E-state index in [0.29, 0.717) is 0 Å². The first-order chi connectivity index (χ1) is 8.59. The Morgan fingerprint density at radius 3 is 2.28 bits per heavy atom. The molecule has 0 atom stereocenters. The van der Waals surface area contributed by atoms with Crippen LogP contribution in [0.15, 0.2) is 18.5 Å². The van der Waals surface area contributed by atoms with E-state index in [2.05, 4.69) is 25.9 Å². The second kappa shape index (κ2) is 6.94. The van der Waals surface area contributed by atoms with Crippen LogP contribution in [-0.2, 0) is 14.4 Å². The molecular weight excluding hydrogens is 238 g/mol. The summed E-state index contributed by atoms with van der Waals surface area (Å²) in [4.78, 5) is 40.7. The second-order valence-corrected chi connectivity index (χ2v) is 3.27. The van der Waals surface area contributed by atoms with Gasteiger partial charge in [-0.15, -0.1) is 0 Å². The fraction of sp³-hybridized carbons (Fsp3) is 0.300. The van der Waals surface area contributed by atoms with Gasteiger partial charge in [0.15, 0.2) is 0 Å². The third-order valence-electron chi connectivity index (χ3n) is 1.78. The number of hydrogen-bond donors (Lipinski definition) is 3. The molecular formula is C10H13N5O3. The molecule has 96 valence electrons. The van der Waals surface area contributed by atoms with Gasteiger partial charge in [0.1, 0.15) is 0 Å². The maximum atomic E-state index is 11.4. The summed E-state index contributed by atoms with van der Waals surface area (Å²) in [6.45, 7) is 1.79. The average molecular weight is 251 g/mol. The maximum absolute atomic E-state index is 11.4. The molecule has 0 saturated heterocycles. The van der Waals surface area contributed by atoms with Gasteiger partial charge in [0.2, 0.25) is 11.9 Å². The van der Waals surface area contributed by atoms with Crippen molar-refractivity contribution in [2.75, 3.05) is 18.4 Å². The quantitative estimate of drug-likeness (QED) is 0.453. The molecule has 18 heavy (non-hydrogen) atoms. The zero-order chi connectivity index (χ0) is 13.4. The summed E-state index contributed by atoms with van der Waals surface area (Å²) >= 11 is 0. The molecule has 0 aliphatic carbocycles. The Morgan fingerprint density at radius 2 is 1.67 bits per heavy atom. The summed E-state index contributed by atoms with van der Waals surface area (Å²) in [6, 6.07) is 1.59. The van der Waals surface area contributed by atoms with Gasteiger partial charge in [-0.3, -0.25) is 19.7 Å². The number of hydrogen-bond acceptors (Lipinski definition) is 5. The van der Waals surface area contributed by atoms with Crippen molar-refractivity contribution >= 4 is 23.7 Å². The Labute approximate surface area is 103 Å². The Hall–Kier alpha value is -2.51. The van der Waals surface area contributed by atoms with Crippen molar-refractivity contribution in [3.63, 3.8) is 0 Å². The topological polar surface area (TPSA) is 113 Å². The molecule has 0 saturated carbocycles. The van der Waals surface area contributed by atoms with Crippen LogP contribution in [0.1, 0.15) is 6.92 Å². The number of rotatable bonds is 4. The Balaban J connectivity index is 2.29. The average Bonchev–Trinajstić information content (AvgIpc) is 2.35. The van der Waals surface area contributed by atoms with Crippen LogP contribution in [0.3, 0.4) is 0 Å². The lowest BCUT2D eigenvalue weighted by atomic mass is 10.5. The van der Waals surface area contributed by atoms with E-state index in [1.54, 1.807) is 6.07 Å². The predicted octanol–water partition coefficient (Wildman–Crippen LogP) is -1.33. The monoisotopic (exact) mass is 251 g/mol. The molecule has 8 nitrogen and oxygen atoms in total. The van der Waals surface area contributed by atoms with Gasteiger partial charge < -0.3 is 10.6 Å². The van der Waals surface area contributed by atoms with Crippen molar-refractivity contribution in [1.82, 2.24) is 20.6 Å². The van der Waals surface area contributed by atoms with Crippen LogP contribution in [0.2, 0.25) is 0 Å². The summed E-state index contributed by atoms with van der Waals surface area (Å²) in [6.07, 6.45) is 2.88. The van der Waals surface area contributed by atoms with E-state index in [-0.39, 0.29) is 24.9 Å². The zero-order valence-electron chi connectivity index (χ0n) is 9.77. The smallest absolute Gasteiger partial charge is 0.316 e. The molecule has 1 heterocycles. The number of nitrogens with one attached hydrogen (secondary N) is 3. The van der Waals surface area contributed by atoms with Crippen LogP contribution in [-0.4, -0.2) is 40.8 Å². The van der Waals surface area contributed by atoms with E-state index in [0.717, 1.165) is 0 Å². The molecule has 0 radical (unpaired) electrons. The summed E-state index contributed by atoms with van der Waals surface area (Å²) in [7, 11) is 0. The molecule has 0 aliphatic heterocycles. The minimum Gasteiger partial charge on any atom is -0.355 e. The van der Waals surface area contributed by atoms with Crippen LogP contribution < -0.4 is 16.0 Å². The van der Waals surface area contributed by atoms with Crippen LogP contribution in [0.5, 0.6) is 0 Å². The van der Waals surface area contributed by atoms with E-state index >= 15 is 0 Å². The molecule has 1 aromatic rings. The third-order valence-corrected chi connectivity index (χ3v) is 1.78. The summed E-state index contributed by atoms with van der Waals surface area (Å²) < 4.78 is 0. The highest BCUT2D eigenvalue weighted by atomic mass is 16.2. The molecule has 0 spiro atoms. The predicted molar refractivity (Wildman–Crippen MR) is 62.4 cm³/mol. The van der Waals surface area contributed by atoms with Crippen molar-refractivity contribution in [2.24, 2.45) is 0 Å². The zero-order valence-corrected chi connectivity index (χ0v) is 9.77. The number of amides is 3. The fourth-order valence-electron chi connectivity index (χ4n) is 1.02. The molecule has 1 rings (SSSR count). The number of nitrogens with zero attached hydrogens (tertiary/aromatic N) is 2. The van der Waals surface area contributed by atoms with Gasteiger partial charge in [-0.25, -0.2) is 9.97 Å². The lowest BCUT2D eigenvalue weighted by Crippen LogP contribution is -2.39. The second-order valence-electron chi connectivity index (χ2n) is 3.27. The van der Waals surface area contributed by atoms with Gasteiger partial charge in [0.05, 0.1) is 0 Å². The Morgan fingerprint density at radius 1 is 1.06 bits per heavy atom. The highest BCUT2D eigenvalue weighted by Crippen LogP contribution is 1.92. The molecule has 3 amide bonds. The first kappa shape index (κ1) is 13.6. The van der Waals surface area contributed by atoms with E-state index in [4.69, 9.17) is 0 Å². The Kier molecular flexibility index (Phi) is 5.23. The maximum Gasteiger partial charge on any atom is 0.316 e.